The van der Waals surface area contributed by atoms with E-state index in [-0.39, 0.29) is 5.97 Å². The zero-order valence-electron chi connectivity index (χ0n) is 12.5. The first-order valence-electron chi connectivity index (χ1n) is 6.93. The Morgan fingerprint density at radius 2 is 1.85 bits per heavy atom. The lowest BCUT2D eigenvalue weighted by Gasteiger charge is -2.16. The van der Waals surface area contributed by atoms with Crippen molar-refractivity contribution in [3.8, 4) is 0 Å². The van der Waals surface area contributed by atoms with E-state index in [9.17, 15) is 10.0 Å². The van der Waals surface area contributed by atoms with E-state index in [1.54, 1.807) is 24.3 Å². The quantitative estimate of drug-likeness (QED) is 0.585. The van der Waals surface area contributed by atoms with E-state index >= 15 is 0 Å². The van der Waals surface area contributed by atoms with Crippen molar-refractivity contribution in [2.45, 2.75) is 19.8 Å². The molecule has 0 aromatic heterocycles. The normalized spacial score (nSPS) is 10.7. The molecular weight excluding hydrogens is 256 g/mol. The van der Waals surface area contributed by atoms with E-state index < -0.39 is 0 Å². The largest absolute Gasteiger partial charge is 0.461 e. The van der Waals surface area contributed by atoms with E-state index in [2.05, 4.69) is 6.92 Å². The van der Waals surface area contributed by atoms with E-state index in [4.69, 9.17) is 4.74 Å². The van der Waals surface area contributed by atoms with Gasteiger partial charge in [-0.05, 0) is 44.8 Å². The van der Waals surface area contributed by atoms with Crippen LogP contribution in [0.3, 0.4) is 0 Å². The number of unbranched alkanes of at least 4 members (excludes halogenated alkanes) is 1. The minimum atomic E-state index is -0.337. The topological polar surface area (TPSA) is 53.0 Å². The zero-order chi connectivity index (χ0) is 15.0. The summed E-state index contributed by atoms with van der Waals surface area (Å²) in [5.41, 5.74) is 1.18. The second-order valence-electron chi connectivity index (χ2n) is 4.96. The molecule has 0 heterocycles. The molecule has 5 heteroatoms. The summed E-state index contributed by atoms with van der Waals surface area (Å²) < 4.78 is 5.15. The van der Waals surface area contributed by atoms with Crippen LogP contribution in [0.4, 0.5) is 5.69 Å². The van der Waals surface area contributed by atoms with Crippen LogP contribution in [0.1, 0.15) is 30.1 Å². The smallest absolute Gasteiger partial charge is 0.338 e. The Balaban J connectivity index is 2.50. The molecule has 0 spiro atoms. The lowest BCUT2D eigenvalue weighted by atomic mass is 10.2. The molecule has 0 atom stereocenters. The van der Waals surface area contributed by atoms with E-state index in [1.165, 1.54) is 5.06 Å². The Labute approximate surface area is 120 Å². The summed E-state index contributed by atoms with van der Waals surface area (Å²) in [6.45, 7) is 3.73. The van der Waals surface area contributed by atoms with E-state index in [0.717, 1.165) is 12.8 Å². The third-order valence-electron chi connectivity index (χ3n) is 2.90. The second-order valence-corrected chi connectivity index (χ2v) is 4.96. The number of nitrogens with zero attached hydrogens (tertiary/aromatic N) is 2. The molecule has 0 aliphatic rings. The van der Waals surface area contributed by atoms with Crippen molar-refractivity contribution in [2.75, 3.05) is 38.9 Å². The molecular formula is C15H24N2O3. The summed E-state index contributed by atoms with van der Waals surface area (Å²) in [7, 11) is 3.85. The Hall–Kier alpha value is -1.59. The standard InChI is InChI=1S/C15H24N2O3/c1-4-5-10-17(19)14-8-6-13(7-9-14)15(18)20-12-11-16(2)3/h6-9,19H,4-5,10-12H2,1-3H3. The van der Waals surface area contributed by atoms with Gasteiger partial charge in [-0.2, -0.15) is 0 Å². The average Bonchev–Trinajstić information content (AvgIpc) is 2.44. The number of rotatable bonds is 8. The number of esters is 1. The molecule has 0 radical (unpaired) electrons. The fraction of sp³-hybridized carbons (Fsp3) is 0.533. The van der Waals surface area contributed by atoms with Gasteiger partial charge in [-0.3, -0.25) is 10.3 Å². The lowest BCUT2D eigenvalue weighted by molar-refractivity contribution is 0.0482. The number of hydrogen-bond donors (Lipinski definition) is 1. The Morgan fingerprint density at radius 1 is 1.20 bits per heavy atom. The molecule has 20 heavy (non-hydrogen) atoms. The average molecular weight is 280 g/mol. The van der Waals surface area contributed by atoms with Gasteiger partial charge in [0.05, 0.1) is 11.3 Å². The molecule has 0 fully saturated rings. The van der Waals surface area contributed by atoms with Crippen molar-refractivity contribution >= 4 is 11.7 Å². The fourth-order valence-electron chi connectivity index (χ4n) is 1.61. The minimum absolute atomic E-state index is 0.337. The number of likely N-dealkylation sites (N-methyl/N-ethyl adjacent to an activating group) is 1. The van der Waals surface area contributed by atoms with Crippen molar-refractivity contribution < 1.29 is 14.7 Å². The third kappa shape index (κ3) is 5.59. The molecule has 112 valence electrons. The third-order valence-corrected chi connectivity index (χ3v) is 2.90. The van der Waals surface area contributed by atoms with Gasteiger partial charge in [0.25, 0.3) is 0 Å². The minimum Gasteiger partial charge on any atom is -0.461 e. The molecule has 0 unspecified atom stereocenters. The molecule has 0 amide bonds. The molecule has 1 N–H and O–H groups in total. The van der Waals surface area contributed by atoms with Gasteiger partial charge in [-0.15, -0.1) is 0 Å². The van der Waals surface area contributed by atoms with Crippen molar-refractivity contribution in [2.24, 2.45) is 0 Å². The van der Waals surface area contributed by atoms with Gasteiger partial charge in [0, 0.05) is 13.1 Å². The number of hydroxylamine groups is 1. The first-order valence-corrected chi connectivity index (χ1v) is 6.93. The molecule has 0 aliphatic heterocycles. The molecule has 1 aromatic carbocycles. The summed E-state index contributed by atoms with van der Waals surface area (Å²) in [5.74, 6) is -0.337. The van der Waals surface area contributed by atoms with Crippen molar-refractivity contribution in [1.82, 2.24) is 4.90 Å². The van der Waals surface area contributed by atoms with Crippen LogP contribution in [-0.2, 0) is 4.74 Å². The SMILES string of the molecule is CCCCN(O)c1ccc(C(=O)OCCN(C)C)cc1. The van der Waals surface area contributed by atoms with Crippen molar-refractivity contribution in [3.63, 3.8) is 0 Å². The Morgan fingerprint density at radius 3 is 2.40 bits per heavy atom. The Kier molecular flexibility index (Phi) is 7.04. The lowest BCUT2D eigenvalue weighted by Crippen LogP contribution is -2.20. The number of carbonyl (C=O) groups excluding carboxylic acids is 1. The van der Waals surface area contributed by atoms with Gasteiger partial charge in [0.15, 0.2) is 0 Å². The van der Waals surface area contributed by atoms with Crippen LogP contribution in [0.25, 0.3) is 0 Å². The van der Waals surface area contributed by atoms with Crippen LogP contribution >= 0.6 is 0 Å². The van der Waals surface area contributed by atoms with Gasteiger partial charge >= 0.3 is 5.97 Å². The van der Waals surface area contributed by atoms with Crippen LogP contribution < -0.4 is 5.06 Å². The van der Waals surface area contributed by atoms with Gasteiger partial charge in [-0.25, -0.2) is 4.79 Å². The van der Waals surface area contributed by atoms with Gasteiger partial charge in [0.1, 0.15) is 6.61 Å². The molecule has 5 nitrogen and oxygen atoms in total. The summed E-state index contributed by atoms with van der Waals surface area (Å²) in [5, 5.41) is 11.0. The molecule has 1 aromatic rings. The van der Waals surface area contributed by atoms with Gasteiger partial charge in [-0.1, -0.05) is 13.3 Å². The van der Waals surface area contributed by atoms with Crippen LogP contribution in [0.15, 0.2) is 24.3 Å². The first kappa shape index (κ1) is 16.5. The first-order chi connectivity index (χ1) is 9.54. The van der Waals surface area contributed by atoms with E-state index in [0.29, 0.717) is 30.9 Å². The maximum atomic E-state index is 11.8. The fourth-order valence-corrected chi connectivity index (χ4v) is 1.61. The monoisotopic (exact) mass is 280 g/mol. The molecule has 0 saturated carbocycles. The van der Waals surface area contributed by atoms with Crippen LogP contribution in [0.5, 0.6) is 0 Å². The highest BCUT2D eigenvalue weighted by Gasteiger charge is 2.08. The molecule has 0 aliphatic carbocycles. The summed E-state index contributed by atoms with van der Waals surface area (Å²) >= 11 is 0. The highest BCUT2D eigenvalue weighted by atomic mass is 16.5. The van der Waals surface area contributed by atoms with E-state index in [1.807, 2.05) is 19.0 Å². The van der Waals surface area contributed by atoms with Crippen molar-refractivity contribution in [3.05, 3.63) is 29.8 Å². The molecule has 0 bridgehead atoms. The Bertz CT molecular complexity index is 404. The van der Waals surface area contributed by atoms with Crippen LogP contribution in [-0.4, -0.2) is 49.9 Å². The summed E-state index contributed by atoms with van der Waals surface area (Å²) in [4.78, 5) is 13.7. The van der Waals surface area contributed by atoms with Gasteiger partial charge in [0.2, 0.25) is 0 Å². The number of benzene rings is 1. The second kappa shape index (κ2) is 8.55. The van der Waals surface area contributed by atoms with Gasteiger partial charge < -0.3 is 9.64 Å². The summed E-state index contributed by atoms with van der Waals surface area (Å²) in [6.07, 6.45) is 1.94. The number of hydrogen-bond acceptors (Lipinski definition) is 5. The number of anilines is 1. The predicted molar refractivity (Wildman–Crippen MR) is 79.3 cm³/mol. The highest BCUT2D eigenvalue weighted by molar-refractivity contribution is 5.89. The zero-order valence-corrected chi connectivity index (χ0v) is 12.5. The van der Waals surface area contributed by atoms with Crippen molar-refractivity contribution in [1.29, 1.82) is 0 Å². The number of ether oxygens (including phenoxy) is 1. The maximum absolute atomic E-state index is 11.8. The molecule has 1 rings (SSSR count). The van der Waals surface area contributed by atoms with Crippen LogP contribution in [0, 0.1) is 0 Å². The maximum Gasteiger partial charge on any atom is 0.338 e. The highest BCUT2D eigenvalue weighted by Crippen LogP contribution is 2.14. The van der Waals surface area contributed by atoms with Crippen LogP contribution in [0.2, 0.25) is 0 Å². The predicted octanol–water partition coefficient (Wildman–Crippen LogP) is 2.40. The number of carbonyl (C=O) groups is 1. The molecule has 0 saturated heterocycles. The summed E-state index contributed by atoms with van der Waals surface area (Å²) in [6, 6.07) is 6.78.